The standard InChI is InChI=1S/C18H25FN2O3/c1-10(2)18(4,24)9-20-16(22)14-8-12(19)5-6-15(14)21-17(23)13-7-11(13)3/h5-6,8,10-11,13,24H,7,9H2,1-4H3,(H,20,22)(H,21,23). The molecule has 1 fully saturated rings. The molecule has 1 aliphatic rings. The predicted molar refractivity (Wildman–Crippen MR) is 90.1 cm³/mol. The van der Waals surface area contributed by atoms with Gasteiger partial charge in [0.25, 0.3) is 5.91 Å². The summed E-state index contributed by atoms with van der Waals surface area (Å²) in [5, 5.41) is 15.5. The highest BCUT2D eigenvalue weighted by Gasteiger charge is 2.39. The van der Waals surface area contributed by atoms with Gasteiger partial charge in [0.05, 0.1) is 16.9 Å². The molecule has 0 saturated heterocycles. The molecule has 0 bridgehead atoms. The van der Waals surface area contributed by atoms with Crippen LogP contribution in [-0.2, 0) is 4.79 Å². The summed E-state index contributed by atoms with van der Waals surface area (Å²) < 4.78 is 13.5. The molecule has 1 saturated carbocycles. The van der Waals surface area contributed by atoms with Crippen LogP contribution in [0.3, 0.4) is 0 Å². The Balaban J connectivity index is 2.11. The summed E-state index contributed by atoms with van der Waals surface area (Å²) in [7, 11) is 0. The minimum atomic E-state index is -1.07. The number of carbonyl (C=O) groups excluding carboxylic acids is 2. The normalized spacial score (nSPS) is 22.0. The van der Waals surface area contributed by atoms with Gasteiger partial charge in [0.2, 0.25) is 5.91 Å². The molecule has 1 aliphatic carbocycles. The first-order valence-corrected chi connectivity index (χ1v) is 8.23. The Kier molecular flexibility index (Phi) is 5.28. The van der Waals surface area contributed by atoms with Crippen LogP contribution < -0.4 is 10.6 Å². The number of benzene rings is 1. The largest absolute Gasteiger partial charge is 0.388 e. The maximum absolute atomic E-state index is 13.5. The molecular weight excluding hydrogens is 311 g/mol. The average Bonchev–Trinajstić information content (AvgIpc) is 3.23. The van der Waals surface area contributed by atoms with Crippen LogP contribution in [0.1, 0.15) is 44.5 Å². The lowest BCUT2D eigenvalue weighted by atomic mass is 9.92. The van der Waals surface area contributed by atoms with Gasteiger partial charge in [-0.25, -0.2) is 4.39 Å². The van der Waals surface area contributed by atoms with Crippen LogP contribution in [0.15, 0.2) is 18.2 Å². The van der Waals surface area contributed by atoms with Gasteiger partial charge in [0.15, 0.2) is 0 Å². The maximum atomic E-state index is 13.5. The van der Waals surface area contributed by atoms with Crippen molar-refractivity contribution in [3.63, 3.8) is 0 Å². The number of nitrogens with one attached hydrogen (secondary N) is 2. The summed E-state index contributed by atoms with van der Waals surface area (Å²) >= 11 is 0. The monoisotopic (exact) mass is 336 g/mol. The Hall–Kier alpha value is -1.95. The van der Waals surface area contributed by atoms with Gasteiger partial charge in [0.1, 0.15) is 5.82 Å². The van der Waals surface area contributed by atoms with E-state index < -0.39 is 17.3 Å². The SMILES string of the molecule is CC1CC1C(=O)Nc1ccc(F)cc1C(=O)NCC(C)(O)C(C)C. The first-order valence-electron chi connectivity index (χ1n) is 8.23. The van der Waals surface area contributed by atoms with Crippen molar-refractivity contribution < 1.29 is 19.1 Å². The number of aliphatic hydroxyl groups is 1. The van der Waals surface area contributed by atoms with Crippen LogP contribution in [0.2, 0.25) is 0 Å². The van der Waals surface area contributed by atoms with E-state index in [2.05, 4.69) is 10.6 Å². The first kappa shape index (κ1) is 18.4. The van der Waals surface area contributed by atoms with Crippen molar-refractivity contribution in [3.05, 3.63) is 29.6 Å². The van der Waals surface area contributed by atoms with E-state index in [9.17, 15) is 19.1 Å². The zero-order valence-electron chi connectivity index (χ0n) is 14.5. The molecule has 2 amide bonds. The van der Waals surface area contributed by atoms with Gasteiger partial charge in [0, 0.05) is 12.5 Å². The lowest BCUT2D eigenvalue weighted by Crippen LogP contribution is -2.44. The van der Waals surface area contributed by atoms with Gasteiger partial charge >= 0.3 is 0 Å². The van der Waals surface area contributed by atoms with Crippen molar-refractivity contribution in [2.75, 3.05) is 11.9 Å². The van der Waals surface area contributed by atoms with Gasteiger partial charge in [-0.3, -0.25) is 9.59 Å². The Bertz CT molecular complexity index is 643. The zero-order chi connectivity index (χ0) is 18.1. The maximum Gasteiger partial charge on any atom is 0.253 e. The Morgan fingerprint density at radius 1 is 1.42 bits per heavy atom. The second-order valence-electron chi connectivity index (χ2n) is 7.19. The molecule has 0 heterocycles. The van der Waals surface area contributed by atoms with E-state index >= 15 is 0 Å². The lowest BCUT2D eigenvalue weighted by molar-refractivity contribution is -0.117. The minimum Gasteiger partial charge on any atom is -0.388 e. The molecule has 0 aliphatic heterocycles. The number of halogens is 1. The molecule has 132 valence electrons. The summed E-state index contributed by atoms with van der Waals surface area (Å²) in [5.41, 5.74) is -0.742. The quantitative estimate of drug-likeness (QED) is 0.747. The summed E-state index contributed by atoms with van der Waals surface area (Å²) in [5.74, 6) is -1.02. The fourth-order valence-electron chi connectivity index (χ4n) is 2.28. The first-order chi connectivity index (χ1) is 11.1. The van der Waals surface area contributed by atoms with Crippen LogP contribution in [0.5, 0.6) is 0 Å². The van der Waals surface area contributed by atoms with Crippen molar-refractivity contribution in [2.45, 2.75) is 39.7 Å². The molecule has 5 nitrogen and oxygen atoms in total. The molecule has 3 N–H and O–H groups in total. The Labute approximate surface area is 141 Å². The van der Waals surface area contributed by atoms with Crippen molar-refractivity contribution >= 4 is 17.5 Å². The molecule has 3 atom stereocenters. The van der Waals surface area contributed by atoms with Crippen LogP contribution in [0.25, 0.3) is 0 Å². The summed E-state index contributed by atoms with van der Waals surface area (Å²) in [6.07, 6.45) is 0.825. The molecular formula is C18H25FN2O3. The number of hydrogen-bond donors (Lipinski definition) is 3. The lowest BCUT2D eigenvalue weighted by Gasteiger charge is -2.28. The summed E-state index contributed by atoms with van der Waals surface area (Å²) in [6, 6.07) is 3.67. The second kappa shape index (κ2) is 6.89. The third-order valence-corrected chi connectivity index (χ3v) is 4.78. The van der Waals surface area contributed by atoms with E-state index in [1.54, 1.807) is 6.92 Å². The number of rotatable bonds is 6. The van der Waals surface area contributed by atoms with Crippen LogP contribution in [-0.4, -0.2) is 29.1 Å². The van der Waals surface area contributed by atoms with Crippen molar-refractivity contribution in [1.29, 1.82) is 0 Å². The van der Waals surface area contributed by atoms with Crippen LogP contribution >= 0.6 is 0 Å². The Morgan fingerprint density at radius 2 is 2.04 bits per heavy atom. The molecule has 1 aromatic rings. The van der Waals surface area contributed by atoms with Gasteiger partial charge in [-0.2, -0.15) is 0 Å². The Morgan fingerprint density at radius 3 is 2.58 bits per heavy atom. The third-order valence-electron chi connectivity index (χ3n) is 4.78. The van der Waals surface area contributed by atoms with Gasteiger partial charge < -0.3 is 15.7 Å². The molecule has 0 aromatic heterocycles. The molecule has 2 rings (SSSR count). The van der Waals surface area contributed by atoms with Crippen molar-refractivity contribution in [3.8, 4) is 0 Å². The molecule has 1 aromatic carbocycles. The number of carbonyl (C=O) groups is 2. The molecule has 6 heteroatoms. The van der Waals surface area contributed by atoms with Crippen molar-refractivity contribution in [2.24, 2.45) is 17.8 Å². The van der Waals surface area contributed by atoms with Gasteiger partial charge in [-0.05, 0) is 43.4 Å². The number of hydrogen-bond acceptors (Lipinski definition) is 3. The highest BCUT2D eigenvalue weighted by atomic mass is 19.1. The van der Waals surface area contributed by atoms with Crippen LogP contribution in [0, 0.1) is 23.6 Å². The number of amides is 2. The van der Waals surface area contributed by atoms with E-state index in [4.69, 9.17) is 0 Å². The molecule has 3 unspecified atom stereocenters. The fraction of sp³-hybridized carbons (Fsp3) is 0.556. The predicted octanol–water partition coefficient (Wildman–Crippen LogP) is 2.56. The zero-order valence-corrected chi connectivity index (χ0v) is 14.5. The summed E-state index contributed by atoms with van der Waals surface area (Å²) in [6.45, 7) is 7.33. The van der Waals surface area contributed by atoms with E-state index in [0.29, 0.717) is 5.92 Å². The highest BCUT2D eigenvalue weighted by Crippen LogP contribution is 2.38. The molecule has 0 spiro atoms. The van der Waals surface area contributed by atoms with Gasteiger partial charge in [-0.1, -0.05) is 20.8 Å². The fourth-order valence-corrected chi connectivity index (χ4v) is 2.28. The number of anilines is 1. The van der Waals surface area contributed by atoms with E-state index in [1.165, 1.54) is 12.1 Å². The van der Waals surface area contributed by atoms with E-state index in [0.717, 1.165) is 12.5 Å². The second-order valence-corrected chi connectivity index (χ2v) is 7.19. The minimum absolute atomic E-state index is 0.0348. The smallest absolute Gasteiger partial charge is 0.253 e. The topological polar surface area (TPSA) is 78.4 Å². The third kappa shape index (κ3) is 4.32. The van der Waals surface area contributed by atoms with Gasteiger partial charge in [-0.15, -0.1) is 0 Å². The summed E-state index contributed by atoms with van der Waals surface area (Å²) in [4.78, 5) is 24.5. The van der Waals surface area contributed by atoms with Crippen molar-refractivity contribution in [1.82, 2.24) is 5.32 Å². The van der Waals surface area contributed by atoms with Crippen LogP contribution in [0.4, 0.5) is 10.1 Å². The highest BCUT2D eigenvalue weighted by molar-refractivity contribution is 6.04. The molecule has 24 heavy (non-hydrogen) atoms. The van der Waals surface area contributed by atoms with E-state index in [1.807, 2.05) is 20.8 Å². The average molecular weight is 336 g/mol. The molecule has 0 radical (unpaired) electrons. The van der Waals surface area contributed by atoms with E-state index in [-0.39, 0.29) is 35.5 Å².